The van der Waals surface area contributed by atoms with E-state index < -0.39 is 26.7 Å². The summed E-state index contributed by atoms with van der Waals surface area (Å²) in [4.78, 5) is 12.7. The first-order valence-electron chi connectivity index (χ1n) is 10.6. The molecule has 0 spiro atoms. The first-order chi connectivity index (χ1) is 17.5. The van der Waals surface area contributed by atoms with Crippen molar-refractivity contribution in [2.45, 2.75) is 11.8 Å². The van der Waals surface area contributed by atoms with Crippen LogP contribution in [-0.4, -0.2) is 26.0 Å². The van der Waals surface area contributed by atoms with E-state index >= 15 is 0 Å². The Morgan fingerprint density at radius 3 is 2.42 bits per heavy atom. The summed E-state index contributed by atoms with van der Waals surface area (Å²) in [6.07, 6.45) is 0. The molecule has 0 heterocycles. The van der Waals surface area contributed by atoms with Crippen molar-refractivity contribution in [2.75, 3.05) is 12.4 Å². The van der Waals surface area contributed by atoms with Gasteiger partial charge in [-0.3, -0.25) is 9.35 Å². The number of fused-ring (bicyclic) bond motifs is 1. The monoisotopic (exact) mass is 581 g/mol. The number of nitrogens with zero attached hydrogens (tertiary/aromatic N) is 2. The Morgan fingerprint density at radius 2 is 1.76 bits per heavy atom. The summed E-state index contributed by atoms with van der Waals surface area (Å²) in [5, 5.41) is 25.0. The number of methoxy groups -OCH3 is 1. The quantitative estimate of drug-likeness (QED) is 0.203. The van der Waals surface area contributed by atoms with Gasteiger partial charge in [0.05, 0.1) is 29.2 Å². The van der Waals surface area contributed by atoms with E-state index in [1.165, 1.54) is 32.2 Å². The average molecular weight is 582 g/mol. The van der Waals surface area contributed by atoms with Crippen molar-refractivity contribution in [2.24, 2.45) is 10.2 Å². The van der Waals surface area contributed by atoms with Gasteiger partial charge in [-0.15, -0.1) is 0 Å². The standard InChI is InChI=1S/C25H19Cl2N3O6S.Na/c1-13-10-15(12-18(26)24(13)37(33,34)35)29-30-22-16-7-4-3-6-14(16)11-17(23(22)31)25(32)28-19-8-5-9-20(36-2)21(19)27;/h3-12,31H,1-2H3,(H,28,32)(H,33,34,35);/q;+1/p-1. The molecule has 190 valence electrons. The van der Waals surface area contributed by atoms with Crippen LogP contribution in [0.4, 0.5) is 17.1 Å². The number of aryl methyl sites for hydroxylation is 1. The van der Waals surface area contributed by atoms with Crippen molar-refractivity contribution in [3.05, 3.63) is 81.8 Å². The molecule has 9 nitrogen and oxygen atoms in total. The molecule has 1 amide bonds. The second-order valence-corrected chi connectivity index (χ2v) is 9.99. The Hall–Kier alpha value is -2.70. The maximum atomic E-state index is 13.4. The Balaban J connectivity index is 0.00000400. The van der Waals surface area contributed by atoms with Gasteiger partial charge in [0.15, 0.2) is 0 Å². The molecule has 4 rings (SSSR count). The molecule has 0 bridgehead atoms. The Kier molecular flexibility index (Phi) is 9.43. The summed E-state index contributed by atoms with van der Waals surface area (Å²) >= 11 is 12.3. The van der Waals surface area contributed by atoms with E-state index in [0.29, 0.717) is 16.5 Å². The molecule has 13 heteroatoms. The van der Waals surface area contributed by atoms with Crippen LogP contribution >= 0.6 is 23.2 Å². The number of benzene rings is 4. The van der Waals surface area contributed by atoms with E-state index in [1.807, 2.05) is 0 Å². The minimum absolute atomic E-state index is 0. The van der Waals surface area contributed by atoms with Crippen molar-refractivity contribution in [3.63, 3.8) is 0 Å². The van der Waals surface area contributed by atoms with Crippen molar-refractivity contribution >= 4 is 67.1 Å². The normalized spacial score (nSPS) is 11.4. The fourth-order valence-corrected chi connectivity index (χ4v) is 5.31. The van der Waals surface area contributed by atoms with Gasteiger partial charge in [0.2, 0.25) is 0 Å². The van der Waals surface area contributed by atoms with Gasteiger partial charge >= 0.3 is 29.6 Å². The summed E-state index contributed by atoms with van der Waals surface area (Å²) in [7, 11) is -3.11. The van der Waals surface area contributed by atoms with Crippen LogP contribution in [0.1, 0.15) is 15.9 Å². The van der Waals surface area contributed by atoms with Crippen LogP contribution < -0.4 is 44.7 Å². The van der Waals surface area contributed by atoms with Gasteiger partial charge in [-0.05, 0) is 48.2 Å². The van der Waals surface area contributed by atoms with Crippen LogP contribution in [0.15, 0.2) is 75.8 Å². The van der Waals surface area contributed by atoms with Crippen molar-refractivity contribution < 1.29 is 57.2 Å². The summed E-state index contributed by atoms with van der Waals surface area (Å²) in [5.74, 6) is -1.04. The van der Waals surface area contributed by atoms with Gasteiger partial charge in [-0.1, -0.05) is 59.3 Å². The molecule has 2 N–H and O–H groups in total. The second-order valence-electron chi connectivity index (χ2n) is 7.85. The molecule has 0 atom stereocenters. The van der Waals surface area contributed by atoms with Crippen LogP contribution in [-0.2, 0) is 10.1 Å². The molecule has 38 heavy (non-hydrogen) atoms. The van der Waals surface area contributed by atoms with E-state index in [4.69, 9.17) is 27.9 Å². The van der Waals surface area contributed by atoms with Gasteiger partial charge in [-0.2, -0.15) is 18.6 Å². The van der Waals surface area contributed by atoms with Gasteiger partial charge in [0, 0.05) is 10.9 Å². The third-order valence-electron chi connectivity index (χ3n) is 5.39. The molecule has 4 aromatic carbocycles. The van der Waals surface area contributed by atoms with Crippen LogP contribution in [0, 0.1) is 6.92 Å². The maximum absolute atomic E-state index is 13.4. The smallest absolute Gasteiger partial charge is 0.870 e. The molecule has 0 aromatic heterocycles. The first kappa shape index (κ1) is 29.9. The number of carbonyl (C=O) groups excluding carboxylic acids is 1. The summed E-state index contributed by atoms with van der Waals surface area (Å²) < 4.78 is 37.7. The minimum atomic E-state index is -4.55. The molecule has 4 aromatic rings. The van der Waals surface area contributed by atoms with Crippen molar-refractivity contribution in [1.29, 1.82) is 0 Å². The molecule has 0 saturated heterocycles. The third-order valence-corrected chi connectivity index (χ3v) is 7.25. The number of nitrogens with one attached hydrogen (secondary N) is 1. The fourth-order valence-electron chi connectivity index (χ4n) is 3.74. The van der Waals surface area contributed by atoms with Gasteiger partial charge in [0.1, 0.15) is 15.7 Å². The van der Waals surface area contributed by atoms with E-state index in [2.05, 4.69) is 15.5 Å². The number of anilines is 1. The predicted molar refractivity (Wildman–Crippen MR) is 140 cm³/mol. The number of rotatable bonds is 6. The summed E-state index contributed by atoms with van der Waals surface area (Å²) in [6.45, 7) is 1.43. The van der Waals surface area contributed by atoms with E-state index in [0.717, 1.165) is 0 Å². The molecule has 0 aliphatic rings. The predicted octanol–water partition coefficient (Wildman–Crippen LogP) is 3.46. The molecular weight excluding hydrogens is 564 g/mol. The number of carbonyl (C=O) groups is 1. The van der Waals surface area contributed by atoms with E-state index in [-0.39, 0.29) is 67.8 Å². The molecule has 0 unspecified atom stereocenters. The molecule has 0 fully saturated rings. The van der Waals surface area contributed by atoms with Crippen LogP contribution in [0.25, 0.3) is 10.8 Å². The van der Waals surface area contributed by atoms with Crippen LogP contribution in [0.3, 0.4) is 0 Å². The largest absolute Gasteiger partial charge is 1.00 e. The fraction of sp³-hybridized carbons (Fsp3) is 0.0800. The topological polar surface area (TPSA) is 140 Å². The Labute approximate surface area is 250 Å². The Bertz CT molecular complexity index is 1670. The van der Waals surface area contributed by atoms with Crippen LogP contribution in [0.5, 0.6) is 11.5 Å². The number of halogens is 2. The third kappa shape index (κ3) is 6.13. The van der Waals surface area contributed by atoms with E-state index in [9.17, 15) is 22.9 Å². The average Bonchev–Trinajstić information content (AvgIpc) is 2.83. The van der Waals surface area contributed by atoms with Gasteiger partial charge < -0.3 is 15.2 Å². The zero-order valence-electron chi connectivity index (χ0n) is 20.3. The van der Waals surface area contributed by atoms with Crippen LogP contribution in [0.2, 0.25) is 10.0 Å². The first-order valence-corrected chi connectivity index (χ1v) is 12.8. The SMILES string of the molecule is COc1cccc(NC(=O)c2cc3ccccc3c(N=Nc3cc(C)c(S(=O)(=O)O)c(Cl)c3)c2[O-])c1Cl.[Na+]. The maximum Gasteiger partial charge on any atom is 1.00 e. The molecule has 0 saturated carbocycles. The van der Waals surface area contributed by atoms with E-state index in [1.54, 1.807) is 42.5 Å². The number of hydrogen-bond acceptors (Lipinski definition) is 7. The van der Waals surface area contributed by atoms with Gasteiger partial charge in [0.25, 0.3) is 16.0 Å². The summed E-state index contributed by atoms with van der Waals surface area (Å²) in [6, 6.07) is 15.6. The van der Waals surface area contributed by atoms with Crippen molar-refractivity contribution in [3.8, 4) is 11.5 Å². The minimum Gasteiger partial charge on any atom is -0.870 e. The number of amides is 1. The van der Waals surface area contributed by atoms with Crippen molar-refractivity contribution in [1.82, 2.24) is 0 Å². The molecule has 0 aliphatic heterocycles. The summed E-state index contributed by atoms with van der Waals surface area (Å²) in [5.41, 5.74) is 0.233. The zero-order valence-corrected chi connectivity index (χ0v) is 24.6. The molecular formula is C25H18Cl2N3NaO6S. The zero-order chi connectivity index (χ0) is 26.9. The number of hydrogen-bond donors (Lipinski definition) is 2. The second kappa shape index (κ2) is 12.0. The number of ether oxygens (including phenoxy) is 1. The molecule has 0 radical (unpaired) electrons. The van der Waals surface area contributed by atoms with Gasteiger partial charge in [-0.25, -0.2) is 0 Å². The Morgan fingerprint density at radius 1 is 1.05 bits per heavy atom. The molecule has 0 aliphatic carbocycles. The number of azo groups is 1.